The van der Waals surface area contributed by atoms with Crippen LogP contribution in [0.1, 0.15) is 5.69 Å². The SMILES string of the molecule is Fc1cc(Cl)c2ncc(CCl)n2c1. The summed E-state index contributed by atoms with van der Waals surface area (Å²) in [5.74, 6) is -0.122. The zero-order chi connectivity index (χ0) is 9.42. The van der Waals surface area contributed by atoms with E-state index in [0.717, 1.165) is 5.69 Å². The van der Waals surface area contributed by atoms with Crippen LogP contribution in [-0.4, -0.2) is 9.38 Å². The highest BCUT2D eigenvalue weighted by Crippen LogP contribution is 2.19. The van der Waals surface area contributed by atoms with Crippen LogP contribution >= 0.6 is 23.2 Å². The number of hydrogen-bond acceptors (Lipinski definition) is 1. The standard InChI is InChI=1S/C8H5Cl2FN2/c9-2-6-3-12-8-7(10)1-5(11)4-13(6)8/h1,3-4H,2H2. The van der Waals surface area contributed by atoms with E-state index in [1.54, 1.807) is 10.6 Å². The molecule has 2 nitrogen and oxygen atoms in total. The molecule has 0 spiro atoms. The molecule has 0 radical (unpaired) electrons. The Morgan fingerprint density at radius 2 is 2.31 bits per heavy atom. The second-order valence-electron chi connectivity index (χ2n) is 2.58. The number of alkyl halides is 1. The molecule has 0 aliphatic rings. The minimum absolute atomic E-state index is 0.279. The molecular formula is C8H5Cl2FN2. The second-order valence-corrected chi connectivity index (χ2v) is 3.26. The molecule has 0 bridgehead atoms. The molecule has 2 aromatic rings. The molecule has 0 aromatic carbocycles. The smallest absolute Gasteiger partial charge is 0.155 e. The molecule has 13 heavy (non-hydrogen) atoms. The van der Waals surface area contributed by atoms with Crippen molar-refractivity contribution in [3.05, 3.63) is 35.0 Å². The highest BCUT2D eigenvalue weighted by atomic mass is 35.5. The first-order valence-corrected chi connectivity index (χ1v) is 4.50. The third kappa shape index (κ3) is 1.38. The Morgan fingerprint density at radius 1 is 1.54 bits per heavy atom. The third-order valence-corrected chi connectivity index (χ3v) is 2.29. The number of fused-ring (bicyclic) bond motifs is 1. The van der Waals surface area contributed by atoms with E-state index in [0.29, 0.717) is 5.65 Å². The van der Waals surface area contributed by atoms with Gasteiger partial charge in [0.25, 0.3) is 0 Å². The van der Waals surface area contributed by atoms with Crippen molar-refractivity contribution in [2.45, 2.75) is 5.88 Å². The molecule has 0 saturated heterocycles. The lowest BCUT2D eigenvalue weighted by Crippen LogP contribution is -1.91. The molecule has 0 aliphatic heterocycles. The van der Waals surface area contributed by atoms with E-state index in [9.17, 15) is 4.39 Å². The summed E-state index contributed by atoms with van der Waals surface area (Å²) in [4.78, 5) is 4.01. The van der Waals surface area contributed by atoms with Crippen LogP contribution in [0.25, 0.3) is 5.65 Å². The molecule has 0 aliphatic carbocycles. The van der Waals surface area contributed by atoms with Crippen molar-refractivity contribution in [2.75, 3.05) is 0 Å². The van der Waals surface area contributed by atoms with E-state index in [4.69, 9.17) is 23.2 Å². The number of imidazole rings is 1. The van der Waals surface area contributed by atoms with Crippen molar-refractivity contribution in [3.8, 4) is 0 Å². The summed E-state index contributed by atoms with van der Waals surface area (Å²) >= 11 is 11.4. The topological polar surface area (TPSA) is 17.3 Å². The molecule has 0 atom stereocenters. The van der Waals surface area contributed by atoms with Crippen LogP contribution in [0.15, 0.2) is 18.5 Å². The van der Waals surface area contributed by atoms with E-state index < -0.39 is 5.82 Å². The Morgan fingerprint density at radius 3 is 3.00 bits per heavy atom. The first-order chi connectivity index (χ1) is 6.22. The first-order valence-electron chi connectivity index (χ1n) is 3.59. The lowest BCUT2D eigenvalue weighted by molar-refractivity contribution is 0.618. The van der Waals surface area contributed by atoms with E-state index in [1.165, 1.54) is 12.3 Å². The predicted molar refractivity (Wildman–Crippen MR) is 49.7 cm³/mol. The Balaban J connectivity index is 2.82. The van der Waals surface area contributed by atoms with Crippen LogP contribution < -0.4 is 0 Å². The zero-order valence-electron chi connectivity index (χ0n) is 6.47. The molecule has 2 aromatic heterocycles. The van der Waals surface area contributed by atoms with E-state index in [-0.39, 0.29) is 10.9 Å². The van der Waals surface area contributed by atoms with Gasteiger partial charge < -0.3 is 0 Å². The minimum Gasteiger partial charge on any atom is -0.299 e. The van der Waals surface area contributed by atoms with Gasteiger partial charge in [-0.1, -0.05) is 11.6 Å². The van der Waals surface area contributed by atoms with Gasteiger partial charge >= 0.3 is 0 Å². The van der Waals surface area contributed by atoms with Gasteiger partial charge in [0.2, 0.25) is 0 Å². The number of aromatic nitrogens is 2. The molecule has 2 rings (SSSR count). The number of rotatable bonds is 1. The lowest BCUT2D eigenvalue weighted by atomic mass is 10.4. The fraction of sp³-hybridized carbons (Fsp3) is 0.125. The Bertz CT molecular complexity index is 453. The Kier molecular flexibility index (Phi) is 2.14. The maximum atomic E-state index is 12.9. The van der Waals surface area contributed by atoms with Gasteiger partial charge in [0.05, 0.1) is 22.8 Å². The number of halogens is 3. The molecule has 68 valence electrons. The third-order valence-electron chi connectivity index (χ3n) is 1.74. The predicted octanol–water partition coefficient (Wildman–Crippen LogP) is 2.87. The van der Waals surface area contributed by atoms with Crippen LogP contribution in [0.3, 0.4) is 0 Å². The average Bonchev–Trinajstić information content (AvgIpc) is 2.47. The maximum absolute atomic E-state index is 12.9. The van der Waals surface area contributed by atoms with Gasteiger partial charge in [0, 0.05) is 6.20 Å². The van der Waals surface area contributed by atoms with E-state index in [2.05, 4.69) is 4.98 Å². The first kappa shape index (κ1) is 8.78. The summed E-state index contributed by atoms with van der Waals surface area (Å²) in [6.45, 7) is 0. The fourth-order valence-electron chi connectivity index (χ4n) is 1.16. The van der Waals surface area contributed by atoms with Crippen LogP contribution in [-0.2, 0) is 5.88 Å². The monoisotopic (exact) mass is 218 g/mol. The number of hydrogen-bond donors (Lipinski definition) is 0. The fourth-order valence-corrected chi connectivity index (χ4v) is 1.60. The summed E-state index contributed by atoms with van der Waals surface area (Å²) in [6.07, 6.45) is 2.89. The van der Waals surface area contributed by atoms with Crippen LogP contribution in [0.5, 0.6) is 0 Å². The summed E-state index contributed by atoms with van der Waals surface area (Å²) in [7, 11) is 0. The van der Waals surface area contributed by atoms with Gasteiger partial charge in [-0.3, -0.25) is 4.40 Å². The second kappa shape index (κ2) is 3.16. The van der Waals surface area contributed by atoms with Crippen LogP contribution in [0.4, 0.5) is 4.39 Å². The van der Waals surface area contributed by atoms with Crippen molar-refractivity contribution in [3.63, 3.8) is 0 Å². The number of pyridine rings is 1. The largest absolute Gasteiger partial charge is 0.299 e. The summed E-state index contributed by atoms with van der Waals surface area (Å²) in [5, 5.41) is 0.288. The highest BCUT2D eigenvalue weighted by molar-refractivity contribution is 6.33. The molecule has 0 N–H and O–H groups in total. The van der Waals surface area contributed by atoms with Gasteiger partial charge in [-0.2, -0.15) is 0 Å². The molecular weight excluding hydrogens is 214 g/mol. The van der Waals surface area contributed by atoms with Gasteiger partial charge in [-0.05, 0) is 6.07 Å². The summed E-state index contributed by atoms with van der Waals surface area (Å²) in [5.41, 5.74) is 1.25. The van der Waals surface area contributed by atoms with Gasteiger partial charge in [-0.25, -0.2) is 9.37 Å². The Hall–Kier alpha value is -0.800. The average molecular weight is 219 g/mol. The van der Waals surface area contributed by atoms with E-state index in [1.807, 2.05) is 0 Å². The van der Waals surface area contributed by atoms with Crippen molar-refractivity contribution in [1.82, 2.24) is 9.38 Å². The van der Waals surface area contributed by atoms with Crippen molar-refractivity contribution >= 4 is 28.8 Å². The normalized spacial score (nSPS) is 11.0. The maximum Gasteiger partial charge on any atom is 0.155 e. The summed E-state index contributed by atoms with van der Waals surface area (Å²) in [6, 6.07) is 1.22. The van der Waals surface area contributed by atoms with Crippen LogP contribution in [0.2, 0.25) is 5.02 Å². The molecule has 0 fully saturated rings. The van der Waals surface area contributed by atoms with Crippen LogP contribution in [0, 0.1) is 5.82 Å². The van der Waals surface area contributed by atoms with Gasteiger partial charge in [0.1, 0.15) is 5.82 Å². The molecule has 0 unspecified atom stereocenters. The van der Waals surface area contributed by atoms with Gasteiger partial charge in [0.15, 0.2) is 5.65 Å². The lowest BCUT2D eigenvalue weighted by Gasteiger charge is -1.99. The van der Waals surface area contributed by atoms with Crippen molar-refractivity contribution < 1.29 is 4.39 Å². The van der Waals surface area contributed by atoms with Crippen molar-refractivity contribution in [2.24, 2.45) is 0 Å². The minimum atomic E-state index is -0.401. The van der Waals surface area contributed by atoms with Crippen molar-refractivity contribution in [1.29, 1.82) is 0 Å². The highest BCUT2D eigenvalue weighted by Gasteiger charge is 2.07. The quantitative estimate of drug-likeness (QED) is 0.674. The molecule has 0 amide bonds. The summed E-state index contributed by atoms with van der Waals surface area (Å²) < 4.78 is 14.5. The number of nitrogens with zero attached hydrogens (tertiary/aromatic N) is 2. The van der Waals surface area contributed by atoms with Gasteiger partial charge in [-0.15, -0.1) is 11.6 Å². The van der Waals surface area contributed by atoms with E-state index >= 15 is 0 Å². The molecule has 5 heteroatoms. The molecule has 0 saturated carbocycles. The Labute approximate surface area is 83.9 Å². The zero-order valence-corrected chi connectivity index (χ0v) is 7.98. The molecule has 2 heterocycles.